The third-order valence-electron chi connectivity index (χ3n) is 9.85. The molecular formula is C48H30N2O. The molecule has 3 nitrogen and oxygen atoms in total. The number of furan rings is 1. The smallest absolute Gasteiger partial charge is 0.160 e. The van der Waals surface area contributed by atoms with Crippen molar-refractivity contribution in [3.8, 4) is 56.2 Å². The van der Waals surface area contributed by atoms with E-state index in [0.717, 1.165) is 71.9 Å². The maximum absolute atomic E-state index is 6.08. The minimum atomic E-state index is 0.704. The van der Waals surface area contributed by atoms with Gasteiger partial charge in [0.2, 0.25) is 0 Å². The first-order valence-electron chi connectivity index (χ1n) is 17.2. The van der Waals surface area contributed by atoms with E-state index in [-0.39, 0.29) is 0 Å². The van der Waals surface area contributed by atoms with Crippen LogP contribution in [0.3, 0.4) is 0 Å². The van der Waals surface area contributed by atoms with E-state index in [1.54, 1.807) is 0 Å². The minimum Gasteiger partial charge on any atom is -0.456 e. The Morgan fingerprint density at radius 2 is 0.902 bits per heavy atom. The van der Waals surface area contributed by atoms with Gasteiger partial charge < -0.3 is 4.42 Å². The molecule has 2 heterocycles. The van der Waals surface area contributed by atoms with Gasteiger partial charge in [-0.25, -0.2) is 9.97 Å². The number of hydrogen-bond acceptors (Lipinski definition) is 3. The average molecular weight is 651 g/mol. The maximum Gasteiger partial charge on any atom is 0.160 e. The lowest BCUT2D eigenvalue weighted by atomic mass is 9.94. The van der Waals surface area contributed by atoms with E-state index in [4.69, 9.17) is 14.4 Å². The largest absolute Gasteiger partial charge is 0.456 e. The molecule has 0 fully saturated rings. The van der Waals surface area contributed by atoms with Crippen LogP contribution in [-0.4, -0.2) is 9.97 Å². The Hall–Kier alpha value is -6.84. The Morgan fingerprint density at radius 3 is 1.73 bits per heavy atom. The van der Waals surface area contributed by atoms with Crippen LogP contribution >= 0.6 is 0 Å². The molecule has 0 aliphatic carbocycles. The number of para-hydroxylation sites is 1. The summed E-state index contributed by atoms with van der Waals surface area (Å²) < 4.78 is 6.08. The molecule has 0 bridgehead atoms. The normalized spacial score (nSPS) is 11.5. The highest BCUT2D eigenvalue weighted by atomic mass is 16.3. The molecule has 10 rings (SSSR count). The predicted molar refractivity (Wildman–Crippen MR) is 212 cm³/mol. The Bertz CT molecular complexity index is 2910. The summed E-state index contributed by atoms with van der Waals surface area (Å²) in [6.07, 6.45) is 0. The van der Waals surface area contributed by atoms with Crippen LogP contribution in [0.25, 0.3) is 99.6 Å². The molecule has 0 saturated heterocycles. The van der Waals surface area contributed by atoms with Gasteiger partial charge in [-0.2, -0.15) is 0 Å². The summed E-state index contributed by atoms with van der Waals surface area (Å²) in [4.78, 5) is 10.4. The fourth-order valence-electron chi connectivity index (χ4n) is 7.26. The van der Waals surface area contributed by atoms with Gasteiger partial charge in [0.15, 0.2) is 5.82 Å². The zero-order valence-corrected chi connectivity index (χ0v) is 27.6. The van der Waals surface area contributed by atoms with Crippen LogP contribution in [-0.2, 0) is 0 Å². The van der Waals surface area contributed by atoms with Gasteiger partial charge in [0.25, 0.3) is 0 Å². The highest BCUT2D eigenvalue weighted by molar-refractivity contribution is 6.06. The standard InChI is InChI=1S/C48H30N2O/c1-3-11-31(12-4-1)39-27-37-15-7-8-16-40(37)42(29-39)45-30-44(49-48(50-45)32-13-5-2-6-14-32)38-22-21-33-25-34(19-20-35(33)26-38)36-23-24-47-43(28-36)41-17-9-10-18-46(41)51-47/h1-30H. The van der Waals surface area contributed by atoms with Gasteiger partial charge >= 0.3 is 0 Å². The van der Waals surface area contributed by atoms with Crippen molar-refractivity contribution in [2.75, 3.05) is 0 Å². The monoisotopic (exact) mass is 650 g/mol. The fraction of sp³-hybridized carbons (Fsp3) is 0. The second kappa shape index (κ2) is 11.9. The molecule has 238 valence electrons. The molecule has 0 aliphatic rings. The minimum absolute atomic E-state index is 0.704. The average Bonchev–Trinajstić information content (AvgIpc) is 3.58. The van der Waals surface area contributed by atoms with Crippen LogP contribution in [0, 0.1) is 0 Å². The van der Waals surface area contributed by atoms with Gasteiger partial charge in [-0.05, 0) is 92.3 Å². The van der Waals surface area contributed by atoms with Gasteiger partial charge in [0, 0.05) is 27.5 Å². The summed E-state index contributed by atoms with van der Waals surface area (Å²) in [5, 5.41) is 6.94. The summed E-state index contributed by atoms with van der Waals surface area (Å²) in [5.41, 5.74) is 11.4. The first-order valence-corrected chi connectivity index (χ1v) is 17.2. The first kappa shape index (κ1) is 29.1. The molecular weight excluding hydrogens is 621 g/mol. The number of benzene rings is 8. The molecule has 0 radical (unpaired) electrons. The summed E-state index contributed by atoms with van der Waals surface area (Å²) in [6, 6.07) is 64.0. The zero-order valence-electron chi connectivity index (χ0n) is 27.6. The molecule has 0 unspecified atom stereocenters. The Morgan fingerprint density at radius 1 is 0.314 bits per heavy atom. The van der Waals surface area contributed by atoms with Gasteiger partial charge in [0.1, 0.15) is 11.2 Å². The van der Waals surface area contributed by atoms with Crippen LogP contribution < -0.4 is 0 Å². The van der Waals surface area contributed by atoms with Crippen molar-refractivity contribution in [3.63, 3.8) is 0 Å². The van der Waals surface area contributed by atoms with Crippen LogP contribution in [0.5, 0.6) is 0 Å². The Kier molecular flexibility index (Phi) is 6.81. The van der Waals surface area contributed by atoms with Gasteiger partial charge in [-0.15, -0.1) is 0 Å². The van der Waals surface area contributed by atoms with Gasteiger partial charge in [-0.1, -0.05) is 133 Å². The molecule has 0 amide bonds. The van der Waals surface area contributed by atoms with Crippen LogP contribution in [0.2, 0.25) is 0 Å². The molecule has 10 aromatic rings. The lowest BCUT2D eigenvalue weighted by Gasteiger charge is -2.14. The van der Waals surface area contributed by atoms with Gasteiger partial charge in [0.05, 0.1) is 11.4 Å². The molecule has 51 heavy (non-hydrogen) atoms. The quantitative estimate of drug-likeness (QED) is 0.186. The first-order chi connectivity index (χ1) is 25.2. The van der Waals surface area contributed by atoms with Crippen molar-refractivity contribution in [2.24, 2.45) is 0 Å². The lowest BCUT2D eigenvalue weighted by Crippen LogP contribution is -1.97. The third-order valence-corrected chi connectivity index (χ3v) is 9.85. The molecule has 2 aromatic heterocycles. The second-order valence-electron chi connectivity index (χ2n) is 13.0. The highest BCUT2D eigenvalue weighted by Crippen LogP contribution is 2.37. The van der Waals surface area contributed by atoms with E-state index in [0.29, 0.717) is 5.82 Å². The zero-order chi connectivity index (χ0) is 33.7. The van der Waals surface area contributed by atoms with Crippen molar-refractivity contribution < 1.29 is 4.42 Å². The number of nitrogens with zero attached hydrogens (tertiary/aromatic N) is 2. The van der Waals surface area contributed by atoms with Crippen molar-refractivity contribution in [3.05, 3.63) is 182 Å². The lowest BCUT2D eigenvalue weighted by molar-refractivity contribution is 0.669. The van der Waals surface area contributed by atoms with E-state index in [1.165, 1.54) is 21.9 Å². The molecule has 0 N–H and O–H groups in total. The van der Waals surface area contributed by atoms with E-state index >= 15 is 0 Å². The Labute approximate surface area is 295 Å². The molecule has 0 saturated carbocycles. The summed E-state index contributed by atoms with van der Waals surface area (Å²) >= 11 is 0. The number of aromatic nitrogens is 2. The molecule has 8 aromatic carbocycles. The van der Waals surface area contributed by atoms with Crippen LogP contribution in [0.15, 0.2) is 186 Å². The molecule has 0 spiro atoms. The molecule has 0 aliphatic heterocycles. The van der Waals surface area contributed by atoms with Crippen molar-refractivity contribution in [1.29, 1.82) is 0 Å². The van der Waals surface area contributed by atoms with E-state index in [9.17, 15) is 0 Å². The summed E-state index contributed by atoms with van der Waals surface area (Å²) in [7, 11) is 0. The number of fused-ring (bicyclic) bond motifs is 5. The maximum atomic E-state index is 6.08. The fourth-order valence-corrected chi connectivity index (χ4v) is 7.26. The van der Waals surface area contributed by atoms with E-state index < -0.39 is 0 Å². The molecule has 3 heteroatoms. The van der Waals surface area contributed by atoms with Crippen molar-refractivity contribution in [1.82, 2.24) is 9.97 Å². The number of rotatable bonds is 5. The van der Waals surface area contributed by atoms with Gasteiger partial charge in [-0.3, -0.25) is 0 Å². The third kappa shape index (κ3) is 5.24. The van der Waals surface area contributed by atoms with Crippen LogP contribution in [0.1, 0.15) is 0 Å². The highest BCUT2D eigenvalue weighted by Gasteiger charge is 2.15. The Balaban J connectivity index is 1.10. The van der Waals surface area contributed by atoms with Crippen molar-refractivity contribution in [2.45, 2.75) is 0 Å². The predicted octanol–water partition coefficient (Wildman–Crippen LogP) is 13.0. The topological polar surface area (TPSA) is 38.9 Å². The summed E-state index contributed by atoms with van der Waals surface area (Å²) in [5.74, 6) is 0.704. The SMILES string of the molecule is c1ccc(-c2cc(-c3cc(-c4ccc5cc(-c6ccc7oc8ccccc8c7c6)ccc5c4)nc(-c4ccccc4)n3)c3ccccc3c2)cc1. The number of hydrogen-bond donors (Lipinski definition) is 0. The second-order valence-corrected chi connectivity index (χ2v) is 13.0. The summed E-state index contributed by atoms with van der Waals surface area (Å²) in [6.45, 7) is 0. The van der Waals surface area contributed by atoms with E-state index in [2.05, 4.69) is 152 Å². The van der Waals surface area contributed by atoms with Crippen molar-refractivity contribution >= 4 is 43.5 Å². The molecule has 0 atom stereocenters. The van der Waals surface area contributed by atoms with E-state index in [1.807, 2.05) is 30.3 Å². The van der Waals surface area contributed by atoms with Crippen LogP contribution in [0.4, 0.5) is 0 Å².